The molecule has 12 rings (SSSR count). The average Bonchev–Trinajstić information content (AvgIpc) is 3.66. The molecule has 1 nitrogen and oxygen atoms in total. The van der Waals surface area contributed by atoms with Crippen molar-refractivity contribution in [3.05, 3.63) is 259 Å². The van der Waals surface area contributed by atoms with E-state index in [1.807, 2.05) is 65.6 Å². The van der Waals surface area contributed by atoms with Crippen LogP contribution >= 0.6 is 0 Å². The van der Waals surface area contributed by atoms with Gasteiger partial charge in [-0.1, -0.05) is 206 Å². The maximum atomic E-state index is 10.2. The molecule has 0 N–H and O–H groups in total. The van der Waals surface area contributed by atoms with Crippen molar-refractivity contribution in [2.45, 2.75) is 5.41 Å². The Labute approximate surface area is 355 Å². The molecule has 0 bridgehead atoms. The SMILES string of the molecule is [2H]c1c([2H])c(N(c2cccc3c2-c2ccccc2C3(c2ccccc2)c2ccccc2)c2cc3ccccc3c3ccccc23)c([2H])c([2H])c1-c1cc2ccccc2c2ccccc12. The van der Waals surface area contributed by atoms with E-state index in [4.69, 9.17) is 0 Å². The van der Waals surface area contributed by atoms with Gasteiger partial charge in [-0.3, -0.25) is 0 Å². The summed E-state index contributed by atoms with van der Waals surface area (Å²) in [6.07, 6.45) is 0. The lowest BCUT2D eigenvalue weighted by Crippen LogP contribution is -2.28. The molecular weight excluding hydrogens is 723 g/mol. The quantitative estimate of drug-likeness (QED) is 0.152. The summed E-state index contributed by atoms with van der Waals surface area (Å²) in [5, 5.41) is 7.99. The zero-order valence-corrected chi connectivity index (χ0v) is 32.7. The summed E-state index contributed by atoms with van der Waals surface area (Å²) >= 11 is 0. The van der Waals surface area contributed by atoms with Crippen molar-refractivity contribution in [1.29, 1.82) is 0 Å². The maximum absolute atomic E-state index is 10.2. The standard InChI is InChI=1S/C59H39N/c1-3-20-43(21-4-1)59(44-22-5-2-6-23-44)54-31-16-15-30-52(54)58-55(59)32-17-33-56(58)60(57-39-42-19-8-10-25-47(42)49-27-13-14-29-51(49)57)45-36-34-40(35-37-45)53-38-41-18-7-9-24-46(41)48-26-11-12-28-50(48)53/h1-39H/i34D,35D,36D,37D. The minimum atomic E-state index is -0.697. The zero-order valence-electron chi connectivity index (χ0n) is 36.7. The van der Waals surface area contributed by atoms with Crippen LogP contribution in [0.2, 0.25) is 0 Å². The summed E-state index contributed by atoms with van der Waals surface area (Å²) < 4.78 is 40.2. The van der Waals surface area contributed by atoms with Gasteiger partial charge in [-0.2, -0.15) is 0 Å². The number of nitrogens with zero attached hydrogens (tertiary/aromatic N) is 1. The van der Waals surface area contributed by atoms with E-state index in [1.165, 1.54) is 0 Å². The van der Waals surface area contributed by atoms with Crippen LogP contribution in [0.4, 0.5) is 17.1 Å². The van der Waals surface area contributed by atoms with Crippen LogP contribution in [-0.2, 0) is 5.41 Å². The molecular formula is C59H39N. The van der Waals surface area contributed by atoms with Crippen LogP contribution < -0.4 is 4.90 Å². The van der Waals surface area contributed by atoms with Crippen LogP contribution in [0, 0.1) is 0 Å². The molecule has 0 aliphatic heterocycles. The second kappa shape index (κ2) is 13.7. The topological polar surface area (TPSA) is 3.24 Å². The molecule has 1 aliphatic carbocycles. The Morgan fingerprint density at radius 1 is 0.350 bits per heavy atom. The molecule has 0 amide bonds. The molecule has 60 heavy (non-hydrogen) atoms. The van der Waals surface area contributed by atoms with Crippen LogP contribution in [0.25, 0.3) is 65.3 Å². The largest absolute Gasteiger partial charge is 0.309 e. The lowest BCUT2D eigenvalue weighted by atomic mass is 9.68. The van der Waals surface area contributed by atoms with Gasteiger partial charge in [0, 0.05) is 16.6 Å². The van der Waals surface area contributed by atoms with Crippen molar-refractivity contribution in [3.63, 3.8) is 0 Å². The molecule has 1 aliphatic rings. The minimum absolute atomic E-state index is 0.0950. The van der Waals surface area contributed by atoms with E-state index >= 15 is 0 Å². The number of rotatable bonds is 6. The van der Waals surface area contributed by atoms with Gasteiger partial charge in [0.2, 0.25) is 0 Å². The second-order valence-corrected chi connectivity index (χ2v) is 15.6. The zero-order chi connectivity index (χ0) is 43.1. The van der Waals surface area contributed by atoms with E-state index in [0.29, 0.717) is 5.56 Å². The highest BCUT2D eigenvalue weighted by Gasteiger charge is 2.47. The van der Waals surface area contributed by atoms with Crippen LogP contribution in [-0.4, -0.2) is 0 Å². The number of hydrogen-bond donors (Lipinski definition) is 0. The smallest absolute Gasteiger partial charge is 0.0714 e. The summed E-state index contributed by atoms with van der Waals surface area (Å²) in [6.45, 7) is 0. The fraction of sp³-hybridized carbons (Fsp3) is 0.0169. The molecule has 11 aromatic rings. The van der Waals surface area contributed by atoms with Gasteiger partial charge in [0.1, 0.15) is 0 Å². The van der Waals surface area contributed by atoms with Crippen molar-refractivity contribution in [2.75, 3.05) is 4.90 Å². The molecule has 0 atom stereocenters. The van der Waals surface area contributed by atoms with E-state index < -0.39 is 5.41 Å². The normalized spacial score (nSPS) is 13.7. The third-order valence-corrected chi connectivity index (χ3v) is 12.6. The van der Waals surface area contributed by atoms with Crippen molar-refractivity contribution >= 4 is 60.2 Å². The van der Waals surface area contributed by atoms with Crippen LogP contribution in [0.5, 0.6) is 0 Å². The van der Waals surface area contributed by atoms with E-state index in [9.17, 15) is 5.48 Å². The van der Waals surface area contributed by atoms with Gasteiger partial charge in [0.25, 0.3) is 0 Å². The highest BCUT2D eigenvalue weighted by atomic mass is 15.1. The first kappa shape index (κ1) is 30.4. The van der Waals surface area contributed by atoms with Crippen molar-refractivity contribution in [1.82, 2.24) is 0 Å². The fourth-order valence-electron chi connectivity index (χ4n) is 10.1. The Bertz CT molecular complexity index is 3610. The second-order valence-electron chi connectivity index (χ2n) is 15.6. The summed E-state index contributed by atoms with van der Waals surface area (Å²) in [5.41, 5.74) is 8.46. The summed E-state index contributed by atoms with van der Waals surface area (Å²) in [5.74, 6) is 0. The number of hydrogen-bond acceptors (Lipinski definition) is 1. The Balaban J connectivity index is 1.22. The molecule has 1 heteroatoms. The molecule has 0 aromatic heterocycles. The number of anilines is 3. The lowest BCUT2D eigenvalue weighted by Gasteiger charge is -2.34. The molecule has 280 valence electrons. The fourth-order valence-corrected chi connectivity index (χ4v) is 10.1. The summed E-state index contributed by atoms with van der Waals surface area (Å²) in [6, 6.07) is 72.9. The highest BCUT2D eigenvalue weighted by Crippen LogP contribution is 2.60. The molecule has 0 spiro atoms. The predicted octanol–water partition coefficient (Wildman–Crippen LogP) is 15.8. The van der Waals surface area contributed by atoms with E-state index in [0.717, 1.165) is 87.8 Å². The Morgan fingerprint density at radius 3 is 1.52 bits per heavy atom. The van der Waals surface area contributed by atoms with Gasteiger partial charge in [-0.05, 0) is 107 Å². The van der Waals surface area contributed by atoms with Gasteiger partial charge in [-0.25, -0.2) is 0 Å². The predicted molar refractivity (Wildman–Crippen MR) is 254 cm³/mol. The summed E-state index contributed by atoms with van der Waals surface area (Å²) in [4.78, 5) is 2.03. The Hall–Kier alpha value is -7.74. The molecule has 0 unspecified atom stereocenters. The molecule has 0 saturated carbocycles. The van der Waals surface area contributed by atoms with Crippen LogP contribution in [0.15, 0.2) is 236 Å². The van der Waals surface area contributed by atoms with Gasteiger partial charge >= 0.3 is 0 Å². The van der Waals surface area contributed by atoms with E-state index in [1.54, 1.807) is 0 Å². The van der Waals surface area contributed by atoms with Crippen LogP contribution in [0.3, 0.4) is 0 Å². The third kappa shape index (κ3) is 5.06. The molecule has 11 aromatic carbocycles. The maximum Gasteiger partial charge on any atom is 0.0714 e. The average molecular weight is 766 g/mol. The number of benzene rings is 11. The van der Waals surface area contributed by atoms with Crippen LogP contribution in [0.1, 0.15) is 27.7 Å². The van der Waals surface area contributed by atoms with Crippen molar-refractivity contribution in [3.8, 4) is 22.3 Å². The lowest BCUT2D eigenvalue weighted by molar-refractivity contribution is 0.768. The molecule has 0 heterocycles. The van der Waals surface area contributed by atoms with Crippen molar-refractivity contribution in [2.24, 2.45) is 0 Å². The van der Waals surface area contributed by atoms with E-state index in [2.05, 4.69) is 152 Å². The molecule has 0 fully saturated rings. The first-order valence-electron chi connectivity index (χ1n) is 22.5. The first-order valence-corrected chi connectivity index (χ1v) is 20.5. The molecule has 0 radical (unpaired) electrons. The first-order chi connectivity index (χ1) is 31.5. The van der Waals surface area contributed by atoms with Crippen molar-refractivity contribution < 1.29 is 5.48 Å². The summed E-state index contributed by atoms with van der Waals surface area (Å²) in [7, 11) is 0. The highest BCUT2D eigenvalue weighted by molar-refractivity contribution is 6.16. The van der Waals surface area contributed by atoms with Gasteiger partial charge in [-0.15, -0.1) is 0 Å². The molecule has 0 saturated heterocycles. The Kier molecular flexibility index (Phi) is 6.92. The van der Waals surface area contributed by atoms with Gasteiger partial charge in [0.15, 0.2) is 0 Å². The van der Waals surface area contributed by atoms with E-state index in [-0.39, 0.29) is 35.4 Å². The number of fused-ring (bicyclic) bond motifs is 9. The Morgan fingerprint density at radius 2 is 0.850 bits per heavy atom. The minimum Gasteiger partial charge on any atom is -0.309 e. The van der Waals surface area contributed by atoms with Gasteiger partial charge < -0.3 is 4.90 Å². The monoisotopic (exact) mass is 765 g/mol. The third-order valence-electron chi connectivity index (χ3n) is 12.6. The van der Waals surface area contributed by atoms with Gasteiger partial charge in [0.05, 0.1) is 22.3 Å².